The fourth-order valence-electron chi connectivity index (χ4n) is 2.32. The Labute approximate surface area is 111 Å². The van der Waals surface area contributed by atoms with Gasteiger partial charge in [-0.05, 0) is 12.8 Å². The highest BCUT2D eigenvalue weighted by molar-refractivity contribution is 5.96. The van der Waals surface area contributed by atoms with Crippen molar-refractivity contribution >= 4 is 11.8 Å². The van der Waals surface area contributed by atoms with E-state index in [2.05, 4.69) is 20.0 Å². The molecule has 1 fully saturated rings. The first-order valence-corrected chi connectivity index (χ1v) is 6.53. The molecule has 0 spiro atoms. The van der Waals surface area contributed by atoms with Crippen LogP contribution in [-0.2, 0) is 16.1 Å². The van der Waals surface area contributed by atoms with E-state index in [1.807, 2.05) is 13.8 Å². The van der Waals surface area contributed by atoms with Crippen LogP contribution in [0.4, 0.5) is 0 Å². The van der Waals surface area contributed by atoms with Crippen LogP contribution in [0.1, 0.15) is 38.9 Å². The molecule has 1 aromatic rings. The number of carbonyl (C=O) groups excluding carboxylic acids is 2. The van der Waals surface area contributed by atoms with Crippen LogP contribution in [0.15, 0.2) is 10.9 Å². The van der Waals surface area contributed by atoms with Gasteiger partial charge < -0.3 is 14.7 Å². The highest BCUT2D eigenvalue weighted by Crippen LogP contribution is 2.17. The van der Waals surface area contributed by atoms with Crippen molar-refractivity contribution in [3.63, 3.8) is 0 Å². The van der Waals surface area contributed by atoms with Crippen LogP contribution in [0.3, 0.4) is 0 Å². The molecule has 2 atom stereocenters. The molecule has 0 bridgehead atoms. The predicted octanol–water partition coefficient (Wildman–Crippen LogP) is 0.475. The van der Waals surface area contributed by atoms with Crippen molar-refractivity contribution in [1.82, 2.24) is 20.4 Å². The van der Waals surface area contributed by atoms with Gasteiger partial charge in [0.1, 0.15) is 12.1 Å². The quantitative estimate of drug-likeness (QED) is 0.837. The first-order valence-electron chi connectivity index (χ1n) is 6.53. The first kappa shape index (κ1) is 13.5. The summed E-state index contributed by atoms with van der Waals surface area (Å²) in [5.74, 6) is 0.235. The van der Waals surface area contributed by atoms with Gasteiger partial charge in [-0.15, -0.1) is 0 Å². The molecule has 1 aliphatic heterocycles. The average molecular weight is 266 g/mol. The molecule has 2 heterocycles. The van der Waals surface area contributed by atoms with Gasteiger partial charge in [0.2, 0.25) is 18.2 Å². The maximum atomic E-state index is 12.4. The molecule has 1 aliphatic rings. The minimum atomic E-state index is -0.459. The highest BCUT2D eigenvalue weighted by atomic mass is 16.5. The fraction of sp³-hybridized carbons (Fsp3) is 0.667. The molecule has 0 radical (unpaired) electrons. The minimum absolute atomic E-state index is 0.0712. The summed E-state index contributed by atoms with van der Waals surface area (Å²) < 4.78 is 4.66. The van der Waals surface area contributed by atoms with Gasteiger partial charge in [-0.2, -0.15) is 4.98 Å². The summed E-state index contributed by atoms with van der Waals surface area (Å²) in [5, 5.41) is 6.48. The molecular formula is C12H18N4O3. The van der Waals surface area contributed by atoms with Crippen molar-refractivity contribution in [1.29, 1.82) is 0 Å². The molecule has 104 valence electrons. The van der Waals surface area contributed by atoms with E-state index in [-0.39, 0.29) is 18.4 Å². The summed E-state index contributed by atoms with van der Waals surface area (Å²) in [6.07, 6.45) is 3.26. The van der Waals surface area contributed by atoms with E-state index in [1.54, 1.807) is 4.90 Å². The topological polar surface area (TPSA) is 88.3 Å². The van der Waals surface area contributed by atoms with Crippen molar-refractivity contribution in [3.8, 4) is 0 Å². The van der Waals surface area contributed by atoms with Crippen LogP contribution in [-0.4, -0.2) is 38.9 Å². The molecule has 1 N–H and O–H groups in total. The van der Waals surface area contributed by atoms with E-state index in [1.165, 1.54) is 6.39 Å². The Morgan fingerprint density at radius 2 is 2.21 bits per heavy atom. The lowest BCUT2D eigenvalue weighted by molar-refractivity contribution is -0.150. The smallest absolute Gasteiger partial charge is 0.246 e. The number of rotatable bonds is 5. The molecule has 1 aromatic heterocycles. The highest BCUT2D eigenvalue weighted by Gasteiger charge is 2.39. The van der Waals surface area contributed by atoms with Gasteiger partial charge in [-0.1, -0.05) is 25.4 Å². The van der Waals surface area contributed by atoms with Crippen molar-refractivity contribution < 1.29 is 14.1 Å². The number of amides is 2. The number of nitrogens with one attached hydrogen (secondary N) is 1. The Hall–Kier alpha value is -1.92. The minimum Gasteiger partial charge on any atom is -0.343 e. The normalized spacial score (nSPS) is 23.6. The molecule has 1 saturated heterocycles. The second-order valence-corrected chi connectivity index (χ2v) is 4.59. The molecule has 0 saturated carbocycles. The Balaban J connectivity index is 2.18. The van der Waals surface area contributed by atoms with Crippen LogP contribution in [0.2, 0.25) is 0 Å². The summed E-state index contributed by atoms with van der Waals surface area (Å²) in [4.78, 5) is 29.9. The molecule has 19 heavy (non-hydrogen) atoms. The van der Waals surface area contributed by atoms with Crippen LogP contribution in [0.25, 0.3) is 0 Å². The molecule has 2 amide bonds. The molecule has 2 unspecified atom stereocenters. The van der Waals surface area contributed by atoms with E-state index < -0.39 is 12.1 Å². The number of nitrogens with zero attached hydrogens (tertiary/aromatic N) is 3. The van der Waals surface area contributed by atoms with Crippen molar-refractivity contribution in [2.75, 3.05) is 0 Å². The van der Waals surface area contributed by atoms with Gasteiger partial charge in [-0.25, -0.2) is 0 Å². The number of hydrogen-bond acceptors (Lipinski definition) is 5. The lowest BCUT2D eigenvalue weighted by atomic mass is 10.0. The van der Waals surface area contributed by atoms with Crippen molar-refractivity contribution in [2.45, 2.75) is 51.7 Å². The van der Waals surface area contributed by atoms with E-state index in [0.717, 1.165) is 6.42 Å². The Morgan fingerprint density at radius 1 is 1.42 bits per heavy atom. The van der Waals surface area contributed by atoms with Crippen LogP contribution >= 0.6 is 0 Å². The standard InChI is InChI=1S/C12H18N4O3/c1-3-5-8-12(18)16(6-10-13-7-19-15-10)9(4-2)11(17)14-8/h7-9H,3-6H2,1-2H3,(H,14,17). The molecule has 7 nitrogen and oxygen atoms in total. The first-order chi connectivity index (χ1) is 9.17. The molecule has 7 heteroatoms. The molecule has 0 aliphatic carbocycles. The second kappa shape index (κ2) is 5.81. The SMILES string of the molecule is CCCC1NC(=O)C(CC)N(Cc2ncon2)C1=O. The number of piperazine rings is 1. The monoisotopic (exact) mass is 266 g/mol. The third-order valence-corrected chi connectivity index (χ3v) is 3.26. The average Bonchev–Trinajstić information content (AvgIpc) is 2.89. The van der Waals surface area contributed by atoms with E-state index in [9.17, 15) is 9.59 Å². The van der Waals surface area contributed by atoms with Gasteiger partial charge in [0.05, 0.1) is 6.54 Å². The predicted molar refractivity (Wildman–Crippen MR) is 65.8 cm³/mol. The fourth-order valence-corrected chi connectivity index (χ4v) is 2.32. The zero-order chi connectivity index (χ0) is 13.8. The Morgan fingerprint density at radius 3 is 2.79 bits per heavy atom. The number of carbonyl (C=O) groups is 2. The van der Waals surface area contributed by atoms with Gasteiger partial charge >= 0.3 is 0 Å². The lowest BCUT2D eigenvalue weighted by Gasteiger charge is -2.38. The zero-order valence-corrected chi connectivity index (χ0v) is 11.1. The summed E-state index contributed by atoms with van der Waals surface area (Å²) >= 11 is 0. The molecule has 2 rings (SSSR count). The largest absolute Gasteiger partial charge is 0.343 e. The van der Waals surface area contributed by atoms with Crippen molar-refractivity contribution in [3.05, 3.63) is 12.2 Å². The van der Waals surface area contributed by atoms with E-state index in [0.29, 0.717) is 18.7 Å². The summed E-state index contributed by atoms with van der Waals surface area (Å²) in [7, 11) is 0. The Kier molecular flexibility index (Phi) is 4.13. The maximum Gasteiger partial charge on any atom is 0.246 e. The molecule has 0 aromatic carbocycles. The Bertz CT molecular complexity index is 446. The number of aromatic nitrogens is 2. The van der Waals surface area contributed by atoms with Crippen LogP contribution < -0.4 is 5.32 Å². The maximum absolute atomic E-state index is 12.4. The van der Waals surface area contributed by atoms with E-state index in [4.69, 9.17) is 0 Å². The summed E-state index contributed by atoms with van der Waals surface area (Å²) in [5.41, 5.74) is 0. The zero-order valence-electron chi connectivity index (χ0n) is 11.1. The van der Waals surface area contributed by atoms with Crippen LogP contribution in [0, 0.1) is 0 Å². The van der Waals surface area contributed by atoms with Gasteiger partial charge in [-0.3, -0.25) is 9.59 Å². The third kappa shape index (κ3) is 2.74. The van der Waals surface area contributed by atoms with Gasteiger partial charge in [0.15, 0.2) is 5.82 Å². The number of hydrogen-bond donors (Lipinski definition) is 1. The van der Waals surface area contributed by atoms with Crippen LogP contribution in [0.5, 0.6) is 0 Å². The summed E-state index contributed by atoms with van der Waals surface area (Å²) in [6, 6.07) is -0.897. The van der Waals surface area contributed by atoms with Gasteiger partial charge in [0.25, 0.3) is 0 Å². The third-order valence-electron chi connectivity index (χ3n) is 3.26. The van der Waals surface area contributed by atoms with Crippen molar-refractivity contribution in [2.24, 2.45) is 0 Å². The molecular weight excluding hydrogens is 248 g/mol. The summed E-state index contributed by atoms with van der Waals surface area (Å²) in [6.45, 7) is 4.07. The van der Waals surface area contributed by atoms with Gasteiger partial charge in [0, 0.05) is 0 Å². The lowest BCUT2D eigenvalue weighted by Crippen LogP contribution is -2.62. The second-order valence-electron chi connectivity index (χ2n) is 4.59. The van der Waals surface area contributed by atoms with E-state index >= 15 is 0 Å².